The van der Waals surface area contributed by atoms with E-state index in [9.17, 15) is 4.79 Å². The maximum absolute atomic E-state index is 12.2. The molecule has 2 rings (SSSR count). The molecule has 0 bridgehead atoms. The van der Waals surface area contributed by atoms with Crippen LogP contribution in [0.1, 0.15) is 31.2 Å². The Kier molecular flexibility index (Phi) is 5.55. The minimum Gasteiger partial charge on any atom is -0.345 e. The zero-order valence-corrected chi connectivity index (χ0v) is 13.4. The number of nitrogens with one attached hydrogen (secondary N) is 2. The van der Waals surface area contributed by atoms with Gasteiger partial charge in [-0.1, -0.05) is 18.9 Å². The van der Waals surface area contributed by atoms with Crippen LogP contribution in [0.15, 0.2) is 29.5 Å². The fourth-order valence-electron chi connectivity index (χ4n) is 2.68. The van der Waals surface area contributed by atoms with Gasteiger partial charge in [0.25, 0.3) is 0 Å². The van der Waals surface area contributed by atoms with E-state index < -0.39 is 0 Å². The van der Waals surface area contributed by atoms with Gasteiger partial charge in [-0.25, -0.2) is 0 Å². The number of allylic oxidation sites excluding steroid dienone is 2. The highest BCUT2D eigenvalue weighted by atomic mass is 16.1. The molecule has 0 aromatic heterocycles. The molecule has 1 fully saturated rings. The van der Waals surface area contributed by atoms with Gasteiger partial charge in [-0.3, -0.25) is 4.79 Å². The lowest BCUT2D eigenvalue weighted by Crippen LogP contribution is -2.20. The predicted molar refractivity (Wildman–Crippen MR) is 89.3 cm³/mol. The second-order valence-corrected chi connectivity index (χ2v) is 5.71. The number of aryl methyl sites for hydroxylation is 1. The third-order valence-corrected chi connectivity index (χ3v) is 4.08. The summed E-state index contributed by atoms with van der Waals surface area (Å²) in [6, 6.07) is 10.5. The Bertz CT molecular complexity index is 782. The lowest BCUT2D eigenvalue weighted by Gasteiger charge is -2.14. The van der Waals surface area contributed by atoms with Crippen LogP contribution in [0.25, 0.3) is 0 Å². The molecule has 0 atom stereocenters. The van der Waals surface area contributed by atoms with Gasteiger partial charge in [0.05, 0.1) is 0 Å². The zero-order chi connectivity index (χ0) is 17.5. The molecule has 6 heteroatoms. The zero-order valence-electron chi connectivity index (χ0n) is 13.4. The lowest BCUT2D eigenvalue weighted by molar-refractivity contribution is -0.119. The van der Waals surface area contributed by atoms with Crippen LogP contribution in [0, 0.1) is 46.8 Å². The van der Waals surface area contributed by atoms with E-state index in [2.05, 4.69) is 10.6 Å². The number of amides is 1. The SMILES string of the molecule is Cc1ccc(NC(=O)C2CCCC2)cc1NC(C#N)=C(C#N)C#N. The normalized spacial score (nSPS) is 13.2. The number of hydrogen-bond acceptors (Lipinski definition) is 5. The van der Waals surface area contributed by atoms with Gasteiger partial charge < -0.3 is 10.6 Å². The fraction of sp³-hybridized carbons (Fsp3) is 0.333. The van der Waals surface area contributed by atoms with E-state index >= 15 is 0 Å². The summed E-state index contributed by atoms with van der Waals surface area (Å²) in [5.41, 5.74) is 1.63. The molecule has 0 aliphatic heterocycles. The Hall–Kier alpha value is -3.30. The Labute approximate surface area is 141 Å². The van der Waals surface area contributed by atoms with Crippen LogP contribution in [0.2, 0.25) is 0 Å². The van der Waals surface area contributed by atoms with Crippen molar-refractivity contribution >= 4 is 17.3 Å². The predicted octanol–water partition coefficient (Wildman–Crippen LogP) is 3.36. The number of carbonyl (C=O) groups is 1. The number of benzene rings is 1. The summed E-state index contributed by atoms with van der Waals surface area (Å²) in [6.45, 7) is 1.83. The van der Waals surface area contributed by atoms with E-state index in [-0.39, 0.29) is 23.1 Å². The summed E-state index contributed by atoms with van der Waals surface area (Å²) >= 11 is 0. The molecule has 120 valence electrons. The summed E-state index contributed by atoms with van der Waals surface area (Å²) in [5.74, 6) is 0.0640. The van der Waals surface area contributed by atoms with Crippen molar-refractivity contribution in [1.29, 1.82) is 15.8 Å². The van der Waals surface area contributed by atoms with E-state index in [1.165, 1.54) is 0 Å². The van der Waals surface area contributed by atoms with Crippen LogP contribution in [0.4, 0.5) is 11.4 Å². The molecule has 0 heterocycles. The van der Waals surface area contributed by atoms with Gasteiger partial charge in [0.15, 0.2) is 5.57 Å². The summed E-state index contributed by atoms with van der Waals surface area (Å²) < 4.78 is 0. The smallest absolute Gasteiger partial charge is 0.227 e. The average Bonchev–Trinajstić information content (AvgIpc) is 3.12. The van der Waals surface area contributed by atoms with Crippen LogP contribution >= 0.6 is 0 Å². The first-order valence-corrected chi connectivity index (χ1v) is 7.72. The molecule has 0 saturated heterocycles. The van der Waals surface area contributed by atoms with Crippen LogP contribution in [-0.4, -0.2) is 5.91 Å². The molecular formula is C18H17N5O. The first-order chi connectivity index (χ1) is 11.6. The highest BCUT2D eigenvalue weighted by Crippen LogP contribution is 2.27. The number of nitrogens with zero attached hydrogens (tertiary/aromatic N) is 3. The highest BCUT2D eigenvalue weighted by Gasteiger charge is 2.22. The maximum atomic E-state index is 12.2. The van der Waals surface area contributed by atoms with E-state index in [4.69, 9.17) is 15.8 Å². The molecule has 1 aliphatic carbocycles. The second kappa shape index (κ2) is 7.81. The third-order valence-electron chi connectivity index (χ3n) is 4.08. The maximum Gasteiger partial charge on any atom is 0.227 e. The van der Waals surface area contributed by atoms with Crippen LogP contribution in [-0.2, 0) is 4.79 Å². The number of nitriles is 3. The van der Waals surface area contributed by atoms with Gasteiger partial charge in [0, 0.05) is 17.3 Å². The molecule has 2 N–H and O–H groups in total. The molecular weight excluding hydrogens is 302 g/mol. The molecule has 1 aliphatic rings. The van der Waals surface area contributed by atoms with Gasteiger partial charge in [-0.05, 0) is 37.5 Å². The summed E-state index contributed by atoms with van der Waals surface area (Å²) in [7, 11) is 0. The highest BCUT2D eigenvalue weighted by molar-refractivity contribution is 5.93. The van der Waals surface area contributed by atoms with Crippen molar-refractivity contribution in [2.45, 2.75) is 32.6 Å². The molecule has 0 unspecified atom stereocenters. The van der Waals surface area contributed by atoms with Crippen molar-refractivity contribution in [2.24, 2.45) is 5.92 Å². The summed E-state index contributed by atoms with van der Waals surface area (Å²) in [4.78, 5) is 12.2. The minimum absolute atomic E-state index is 0.00749. The molecule has 24 heavy (non-hydrogen) atoms. The summed E-state index contributed by atoms with van der Waals surface area (Å²) in [6.07, 6.45) is 4.00. The molecule has 0 spiro atoms. The second-order valence-electron chi connectivity index (χ2n) is 5.71. The molecule has 1 aromatic carbocycles. The van der Waals surface area contributed by atoms with Crippen LogP contribution in [0.5, 0.6) is 0 Å². The Morgan fingerprint density at radius 3 is 2.33 bits per heavy atom. The number of hydrogen-bond donors (Lipinski definition) is 2. The lowest BCUT2D eigenvalue weighted by atomic mass is 10.1. The monoisotopic (exact) mass is 319 g/mol. The first kappa shape index (κ1) is 17.1. The van der Waals surface area contributed by atoms with E-state index in [0.717, 1.165) is 31.2 Å². The molecule has 0 radical (unpaired) electrons. The van der Waals surface area contributed by atoms with E-state index in [1.54, 1.807) is 30.3 Å². The van der Waals surface area contributed by atoms with Gasteiger partial charge >= 0.3 is 0 Å². The molecule has 1 saturated carbocycles. The first-order valence-electron chi connectivity index (χ1n) is 7.72. The third kappa shape index (κ3) is 3.91. The Morgan fingerprint density at radius 1 is 1.08 bits per heavy atom. The van der Waals surface area contributed by atoms with Gasteiger partial charge in [0.1, 0.15) is 23.9 Å². The minimum atomic E-state index is -0.280. The van der Waals surface area contributed by atoms with Crippen molar-refractivity contribution in [3.05, 3.63) is 35.0 Å². The van der Waals surface area contributed by atoms with Gasteiger partial charge in [0.2, 0.25) is 5.91 Å². The van der Waals surface area contributed by atoms with E-state index in [1.807, 2.05) is 13.0 Å². The van der Waals surface area contributed by atoms with Crippen LogP contribution < -0.4 is 10.6 Å². The molecule has 1 aromatic rings. The molecule has 1 amide bonds. The quantitative estimate of drug-likeness (QED) is 0.826. The standard InChI is InChI=1S/C18H17N5O/c1-12-6-7-15(22-18(24)13-4-2-3-5-13)8-16(12)23-17(11-21)14(9-19)10-20/h6-8,13,23H,2-5H2,1H3,(H,22,24). The number of carbonyl (C=O) groups excluding carboxylic acids is 1. The van der Waals surface area contributed by atoms with Gasteiger partial charge in [-0.15, -0.1) is 0 Å². The number of anilines is 2. The van der Waals surface area contributed by atoms with E-state index in [0.29, 0.717) is 11.4 Å². The number of rotatable bonds is 4. The van der Waals surface area contributed by atoms with Crippen molar-refractivity contribution in [3.8, 4) is 18.2 Å². The Morgan fingerprint density at radius 2 is 1.75 bits per heavy atom. The van der Waals surface area contributed by atoms with Crippen LogP contribution in [0.3, 0.4) is 0 Å². The van der Waals surface area contributed by atoms with Gasteiger partial charge in [-0.2, -0.15) is 15.8 Å². The fourth-order valence-corrected chi connectivity index (χ4v) is 2.68. The Balaban J connectivity index is 2.21. The topological polar surface area (TPSA) is 112 Å². The average molecular weight is 319 g/mol. The molecule has 6 nitrogen and oxygen atoms in total. The summed E-state index contributed by atoms with van der Waals surface area (Å²) in [5, 5.41) is 32.6. The largest absolute Gasteiger partial charge is 0.345 e. The van der Waals surface area contributed by atoms with Crippen molar-refractivity contribution in [2.75, 3.05) is 10.6 Å². The van der Waals surface area contributed by atoms with Crippen molar-refractivity contribution in [3.63, 3.8) is 0 Å². The van der Waals surface area contributed by atoms with Crippen molar-refractivity contribution < 1.29 is 4.79 Å². The van der Waals surface area contributed by atoms with Crippen molar-refractivity contribution in [1.82, 2.24) is 0 Å².